The molecule has 30 heavy (non-hydrogen) atoms. The van der Waals surface area contributed by atoms with Gasteiger partial charge in [0.2, 0.25) is 0 Å². The summed E-state index contributed by atoms with van der Waals surface area (Å²) in [6, 6.07) is 12.7. The molecule has 0 saturated heterocycles. The van der Waals surface area contributed by atoms with Gasteiger partial charge in [-0.15, -0.1) is 0 Å². The maximum atomic E-state index is 12.7. The number of hydrogen-bond donors (Lipinski definition) is 1. The summed E-state index contributed by atoms with van der Waals surface area (Å²) in [6.45, 7) is 2.07. The Morgan fingerprint density at radius 3 is 2.60 bits per heavy atom. The number of nitrogens with one attached hydrogen (secondary N) is 1. The smallest absolute Gasteiger partial charge is 0.179 e. The highest BCUT2D eigenvalue weighted by atomic mass is 32.2. The maximum absolute atomic E-state index is 12.7. The number of sulfone groups is 1. The third-order valence-corrected chi connectivity index (χ3v) is 7.30. The zero-order valence-electron chi connectivity index (χ0n) is 17.2. The van der Waals surface area contributed by atoms with Crippen molar-refractivity contribution in [3.63, 3.8) is 0 Å². The summed E-state index contributed by atoms with van der Waals surface area (Å²) in [5.74, 6) is 1.48. The molecule has 0 saturated carbocycles. The van der Waals surface area contributed by atoms with Gasteiger partial charge in [-0.2, -0.15) is 0 Å². The minimum Gasteiger partial charge on any atom is -0.497 e. The summed E-state index contributed by atoms with van der Waals surface area (Å²) >= 11 is 0. The molecular weight excluding hydrogens is 400 g/mol. The van der Waals surface area contributed by atoms with Crippen LogP contribution in [0, 0.1) is 0 Å². The molecule has 0 radical (unpaired) electrons. The lowest BCUT2D eigenvalue weighted by Crippen LogP contribution is -2.33. The molecule has 1 N–H and O–H groups in total. The second-order valence-electron chi connectivity index (χ2n) is 7.39. The van der Waals surface area contributed by atoms with E-state index >= 15 is 0 Å². The van der Waals surface area contributed by atoms with Crippen LogP contribution in [-0.2, 0) is 9.84 Å². The fourth-order valence-electron chi connectivity index (χ4n) is 3.81. The van der Waals surface area contributed by atoms with E-state index in [-0.39, 0.29) is 5.75 Å². The molecule has 0 aliphatic carbocycles. The summed E-state index contributed by atoms with van der Waals surface area (Å²) in [6.07, 6.45) is 5.12. The maximum Gasteiger partial charge on any atom is 0.179 e. The zero-order valence-corrected chi connectivity index (χ0v) is 18.0. The highest BCUT2D eigenvalue weighted by Crippen LogP contribution is 2.31. The Labute approximate surface area is 177 Å². The van der Waals surface area contributed by atoms with Crippen LogP contribution in [0.5, 0.6) is 11.5 Å². The Balaban J connectivity index is 1.43. The highest BCUT2D eigenvalue weighted by Gasteiger charge is 2.20. The fourth-order valence-corrected chi connectivity index (χ4v) is 5.13. The number of aromatic amines is 1. The van der Waals surface area contributed by atoms with Crippen LogP contribution in [0.15, 0.2) is 59.6 Å². The number of ether oxygens (including phenoxy) is 2. The van der Waals surface area contributed by atoms with Gasteiger partial charge in [0, 0.05) is 42.3 Å². The average molecular weight is 427 g/mol. The molecule has 0 atom stereocenters. The van der Waals surface area contributed by atoms with Crippen molar-refractivity contribution >= 4 is 26.3 Å². The third-order valence-electron chi connectivity index (χ3n) is 5.60. The van der Waals surface area contributed by atoms with E-state index in [9.17, 15) is 8.42 Å². The Morgan fingerprint density at radius 1 is 1.07 bits per heavy atom. The van der Waals surface area contributed by atoms with Gasteiger partial charge in [0.25, 0.3) is 0 Å². The molecule has 1 aliphatic rings. The molecule has 0 amide bonds. The van der Waals surface area contributed by atoms with Crippen molar-refractivity contribution in [1.82, 2.24) is 9.88 Å². The first kappa shape index (κ1) is 20.5. The van der Waals surface area contributed by atoms with Gasteiger partial charge < -0.3 is 14.5 Å². The van der Waals surface area contributed by atoms with Gasteiger partial charge in [-0.25, -0.2) is 8.42 Å². The average Bonchev–Trinajstić information content (AvgIpc) is 3.21. The number of hydrogen-bond acceptors (Lipinski definition) is 5. The van der Waals surface area contributed by atoms with Crippen molar-refractivity contribution in [3.05, 3.63) is 60.3 Å². The first-order valence-electron chi connectivity index (χ1n) is 9.94. The number of fused-ring (bicyclic) bond motifs is 1. The molecule has 7 heteroatoms. The molecule has 0 spiro atoms. The van der Waals surface area contributed by atoms with Crippen LogP contribution in [0.2, 0.25) is 0 Å². The Bertz CT molecular complexity index is 1180. The first-order valence-corrected chi connectivity index (χ1v) is 11.6. The molecule has 0 fully saturated rings. The van der Waals surface area contributed by atoms with E-state index in [2.05, 4.69) is 22.0 Å². The van der Waals surface area contributed by atoms with Crippen LogP contribution < -0.4 is 9.47 Å². The molecule has 2 heterocycles. The Morgan fingerprint density at radius 2 is 1.87 bits per heavy atom. The Hall–Kier alpha value is -2.77. The van der Waals surface area contributed by atoms with Crippen molar-refractivity contribution in [3.8, 4) is 11.5 Å². The fraction of sp³-hybridized carbons (Fsp3) is 0.304. The second kappa shape index (κ2) is 8.53. The molecule has 0 bridgehead atoms. The molecule has 3 aromatic rings. The van der Waals surface area contributed by atoms with E-state index in [0.29, 0.717) is 17.2 Å². The van der Waals surface area contributed by atoms with Crippen LogP contribution in [0.1, 0.15) is 12.0 Å². The third kappa shape index (κ3) is 4.22. The van der Waals surface area contributed by atoms with Crippen molar-refractivity contribution in [2.24, 2.45) is 0 Å². The molecule has 6 nitrogen and oxygen atoms in total. The summed E-state index contributed by atoms with van der Waals surface area (Å²) in [4.78, 5) is 5.81. The Kier molecular flexibility index (Phi) is 5.83. The minimum absolute atomic E-state index is 0.0909. The number of H-pyrrole nitrogens is 1. The molecule has 158 valence electrons. The minimum atomic E-state index is -3.35. The van der Waals surface area contributed by atoms with Gasteiger partial charge in [0.15, 0.2) is 9.84 Å². The molecule has 2 aromatic carbocycles. The molecular formula is C23H26N2O4S. The molecule has 1 aromatic heterocycles. The topological polar surface area (TPSA) is 71.6 Å². The van der Waals surface area contributed by atoms with Crippen LogP contribution in [0.4, 0.5) is 0 Å². The van der Waals surface area contributed by atoms with Crippen molar-refractivity contribution in [2.75, 3.05) is 39.6 Å². The lowest BCUT2D eigenvalue weighted by Gasteiger charge is -2.26. The monoisotopic (exact) mass is 426 g/mol. The van der Waals surface area contributed by atoms with Crippen LogP contribution in [0.25, 0.3) is 16.5 Å². The van der Waals surface area contributed by atoms with Gasteiger partial charge in [-0.05, 0) is 48.4 Å². The van der Waals surface area contributed by atoms with Crippen molar-refractivity contribution in [2.45, 2.75) is 11.3 Å². The molecule has 1 aliphatic heterocycles. The summed E-state index contributed by atoms with van der Waals surface area (Å²) < 4.78 is 35.9. The summed E-state index contributed by atoms with van der Waals surface area (Å²) in [5, 5.41) is 1.15. The van der Waals surface area contributed by atoms with E-state index in [4.69, 9.17) is 9.47 Å². The van der Waals surface area contributed by atoms with E-state index in [1.54, 1.807) is 31.4 Å². The van der Waals surface area contributed by atoms with Gasteiger partial charge >= 0.3 is 0 Å². The lowest BCUT2D eigenvalue weighted by atomic mass is 9.99. The number of methoxy groups -OCH3 is 2. The zero-order chi connectivity index (χ0) is 21.1. The number of benzene rings is 2. The van der Waals surface area contributed by atoms with Crippen LogP contribution >= 0.6 is 0 Å². The normalized spacial score (nSPS) is 15.2. The van der Waals surface area contributed by atoms with Gasteiger partial charge in [0.1, 0.15) is 11.5 Å². The summed E-state index contributed by atoms with van der Waals surface area (Å²) in [5.41, 5.74) is 3.55. The standard InChI is InChI=1S/C23H26N2O4S/c1-28-18-4-3-5-20(14-18)30(26,27)13-12-25-10-8-17(9-11-25)22-16-24-23-7-6-19(29-2)15-21(22)23/h3-8,14-16,24H,9-13H2,1-2H3. The number of nitrogens with zero attached hydrogens (tertiary/aromatic N) is 1. The number of rotatable bonds is 7. The van der Waals surface area contributed by atoms with Gasteiger partial charge in [0.05, 0.1) is 24.9 Å². The van der Waals surface area contributed by atoms with Gasteiger partial charge in [-0.1, -0.05) is 12.1 Å². The molecule has 0 unspecified atom stereocenters. The van der Waals surface area contributed by atoms with Crippen molar-refractivity contribution < 1.29 is 17.9 Å². The quantitative estimate of drug-likeness (QED) is 0.623. The van der Waals surface area contributed by atoms with Crippen molar-refractivity contribution in [1.29, 1.82) is 0 Å². The first-order chi connectivity index (χ1) is 14.5. The van der Waals surface area contributed by atoms with E-state index in [0.717, 1.165) is 36.2 Å². The van der Waals surface area contributed by atoms with E-state index < -0.39 is 9.84 Å². The highest BCUT2D eigenvalue weighted by molar-refractivity contribution is 7.91. The van der Waals surface area contributed by atoms with Gasteiger partial charge in [-0.3, -0.25) is 4.90 Å². The van der Waals surface area contributed by atoms with E-state index in [1.165, 1.54) is 18.2 Å². The summed E-state index contributed by atoms with van der Waals surface area (Å²) in [7, 11) is -0.140. The van der Waals surface area contributed by atoms with Crippen LogP contribution in [-0.4, -0.2) is 57.9 Å². The predicted octanol–water partition coefficient (Wildman–Crippen LogP) is 3.75. The lowest BCUT2D eigenvalue weighted by molar-refractivity contribution is 0.319. The molecule has 4 rings (SSSR count). The predicted molar refractivity (Wildman–Crippen MR) is 119 cm³/mol. The largest absolute Gasteiger partial charge is 0.497 e. The second-order valence-corrected chi connectivity index (χ2v) is 9.50. The van der Waals surface area contributed by atoms with E-state index in [1.807, 2.05) is 18.3 Å². The number of aromatic nitrogens is 1. The van der Waals surface area contributed by atoms with Crippen LogP contribution in [0.3, 0.4) is 0 Å². The SMILES string of the molecule is COc1cccc(S(=O)(=O)CCN2CC=C(c3c[nH]c4ccc(OC)cc34)CC2)c1.